The van der Waals surface area contributed by atoms with Gasteiger partial charge in [0.15, 0.2) is 11.6 Å². The third kappa shape index (κ3) is 2.77. The molecule has 3 N–H and O–H groups in total. The first-order valence-electron chi connectivity index (χ1n) is 5.30. The lowest BCUT2D eigenvalue weighted by molar-refractivity contribution is 0.0857. The molecule has 0 aliphatic rings. The van der Waals surface area contributed by atoms with Gasteiger partial charge in [-0.05, 0) is 30.2 Å². The van der Waals surface area contributed by atoms with Crippen molar-refractivity contribution in [3.8, 4) is 0 Å². The van der Waals surface area contributed by atoms with E-state index in [4.69, 9.17) is 5.73 Å². The van der Waals surface area contributed by atoms with Crippen LogP contribution in [0.1, 0.15) is 25.5 Å². The molecule has 0 aromatic heterocycles. The van der Waals surface area contributed by atoms with Crippen LogP contribution in [0.4, 0.5) is 8.78 Å². The number of hydrogen-bond donors (Lipinski definition) is 2. The molecule has 0 amide bonds. The number of benzene rings is 1. The molecule has 90 valence electrons. The molecule has 2 atom stereocenters. The van der Waals surface area contributed by atoms with Crippen molar-refractivity contribution >= 4 is 0 Å². The number of halogens is 2. The molecule has 0 saturated heterocycles. The Balaban J connectivity index is 2.94. The molecule has 0 aliphatic heterocycles. The first-order valence-corrected chi connectivity index (χ1v) is 5.30. The van der Waals surface area contributed by atoms with Crippen LogP contribution in [-0.4, -0.2) is 11.7 Å². The lowest BCUT2D eigenvalue weighted by Crippen LogP contribution is -2.26. The predicted molar refractivity (Wildman–Crippen MR) is 58.7 cm³/mol. The summed E-state index contributed by atoms with van der Waals surface area (Å²) in [5.74, 6) is -1.85. The molecule has 0 bridgehead atoms. The predicted octanol–water partition coefficient (Wildman–Crippen LogP) is 2.23. The van der Waals surface area contributed by atoms with E-state index in [0.29, 0.717) is 12.1 Å². The van der Waals surface area contributed by atoms with Gasteiger partial charge in [-0.1, -0.05) is 19.9 Å². The van der Waals surface area contributed by atoms with Gasteiger partial charge in [0.1, 0.15) is 0 Å². The van der Waals surface area contributed by atoms with Crippen LogP contribution in [0.3, 0.4) is 0 Å². The number of aliphatic hydroxyl groups is 1. The van der Waals surface area contributed by atoms with Crippen LogP contribution in [0.25, 0.3) is 0 Å². The molecule has 1 aromatic carbocycles. The molecule has 0 heterocycles. The summed E-state index contributed by atoms with van der Waals surface area (Å²) >= 11 is 0. The summed E-state index contributed by atoms with van der Waals surface area (Å²) in [6.45, 7) is 4.17. The fourth-order valence-corrected chi connectivity index (χ4v) is 1.71. The first kappa shape index (κ1) is 13.1. The van der Waals surface area contributed by atoms with Gasteiger partial charge < -0.3 is 10.8 Å². The van der Waals surface area contributed by atoms with Gasteiger partial charge >= 0.3 is 0 Å². The van der Waals surface area contributed by atoms with E-state index in [1.807, 2.05) is 13.8 Å². The van der Waals surface area contributed by atoms with E-state index in [2.05, 4.69) is 0 Å². The third-order valence-electron chi connectivity index (χ3n) is 2.82. The summed E-state index contributed by atoms with van der Waals surface area (Å²) in [5, 5.41) is 10.00. The molecule has 0 radical (unpaired) electrons. The molecule has 1 rings (SSSR count). The molecule has 0 saturated carbocycles. The SMILES string of the molecule is CC(C)C(CN)C(O)c1ccc(F)c(F)c1. The number of aliphatic hydroxyl groups excluding tert-OH is 1. The minimum Gasteiger partial charge on any atom is -0.388 e. The highest BCUT2D eigenvalue weighted by Gasteiger charge is 2.23. The van der Waals surface area contributed by atoms with Crippen LogP contribution < -0.4 is 5.73 Å². The highest BCUT2D eigenvalue weighted by molar-refractivity contribution is 5.20. The quantitative estimate of drug-likeness (QED) is 0.831. The van der Waals surface area contributed by atoms with Crippen molar-refractivity contribution in [3.63, 3.8) is 0 Å². The fraction of sp³-hybridized carbons (Fsp3) is 0.500. The fourth-order valence-electron chi connectivity index (χ4n) is 1.71. The van der Waals surface area contributed by atoms with Crippen molar-refractivity contribution in [1.29, 1.82) is 0 Å². The summed E-state index contributed by atoms with van der Waals surface area (Å²) in [6, 6.07) is 3.42. The number of nitrogens with two attached hydrogens (primary N) is 1. The standard InChI is InChI=1S/C12H17F2NO/c1-7(2)9(6-15)12(16)8-3-4-10(13)11(14)5-8/h3-5,7,9,12,16H,6,15H2,1-2H3. The second kappa shape index (κ2) is 5.37. The summed E-state index contributed by atoms with van der Waals surface area (Å²) in [6.07, 6.45) is -0.861. The van der Waals surface area contributed by atoms with Crippen LogP contribution in [0.15, 0.2) is 18.2 Å². The average molecular weight is 229 g/mol. The number of hydrogen-bond acceptors (Lipinski definition) is 2. The molecule has 4 heteroatoms. The highest BCUT2D eigenvalue weighted by atomic mass is 19.2. The molecule has 2 nitrogen and oxygen atoms in total. The van der Waals surface area contributed by atoms with E-state index in [-0.39, 0.29) is 11.8 Å². The van der Waals surface area contributed by atoms with E-state index >= 15 is 0 Å². The van der Waals surface area contributed by atoms with Crippen LogP contribution in [0.5, 0.6) is 0 Å². The Morgan fingerprint density at radius 1 is 1.25 bits per heavy atom. The van der Waals surface area contributed by atoms with Crippen molar-refractivity contribution in [3.05, 3.63) is 35.4 Å². The topological polar surface area (TPSA) is 46.2 Å². The zero-order chi connectivity index (χ0) is 12.3. The Bertz CT molecular complexity index is 355. The van der Waals surface area contributed by atoms with Crippen molar-refractivity contribution in [2.75, 3.05) is 6.54 Å². The maximum Gasteiger partial charge on any atom is 0.159 e. The maximum absolute atomic E-state index is 13.0. The van der Waals surface area contributed by atoms with Gasteiger partial charge in [-0.25, -0.2) is 8.78 Å². The van der Waals surface area contributed by atoms with E-state index in [1.54, 1.807) is 0 Å². The zero-order valence-corrected chi connectivity index (χ0v) is 9.45. The first-order chi connectivity index (χ1) is 7.47. The van der Waals surface area contributed by atoms with Gasteiger partial charge in [-0.15, -0.1) is 0 Å². The second-order valence-electron chi connectivity index (χ2n) is 4.26. The Morgan fingerprint density at radius 2 is 1.88 bits per heavy atom. The van der Waals surface area contributed by atoms with Gasteiger partial charge in [0, 0.05) is 5.92 Å². The van der Waals surface area contributed by atoms with E-state index in [9.17, 15) is 13.9 Å². The molecule has 0 aliphatic carbocycles. The van der Waals surface area contributed by atoms with Gasteiger partial charge in [0.25, 0.3) is 0 Å². The van der Waals surface area contributed by atoms with E-state index < -0.39 is 17.7 Å². The van der Waals surface area contributed by atoms with Crippen molar-refractivity contribution in [2.45, 2.75) is 20.0 Å². The van der Waals surface area contributed by atoms with E-state index in [1.165, 1.54) is 6.07 Å². The third-order valence-corrected chi connectivity index (χ3v) is 2.82. The van der Waals surface area contributed by atoms with Crippen molar-refractivity contribution < 1.29 is 13.9 Å². The molecular weight excluding hydrogens is 212 g/mol. The molecular formula is C12H17F2NO. The van der Waals surface area contributed by atoms with E-state index in [0.717, 1.165) is 12.1 Å². The highest BCUT2D eigenvalue weighted by Crippen LogP contribution is 2.27. The minimum absolute atomic E-state index is 0.162. The molecule has 0 spiro atoms. The lowest BCUT2D eigenvalue weighted by Gasteiger charge is -2.25. The number of rotatable bonds is 4. The summed E-state index contributed by atoms with van der Waals surface area (Å²) < 4.78 is 25.7. The Morgan fingerprint density at radius 3 is 2.31 bits per heavy atom. The normalized spacial score (nSPS) is 15.2. The van der Waals surface area contributed by atoms with Crippen LogP contribution in [0.2, 0.25) is 0 Å². The summed E-state index contributed by atoms with van der Waals surface area (Å²) in [5.41, 5.74) is 5.92. The molecule has 0 fully saturated rings. The smallest absolute Gasteiger partial charge is 0.159 e. The van der Waals surface area contributed by atoms with Gasteiger partial charge in [0.05, 0.1) is 6.10 Å². The Labute approximate surface area is 94.1 Å². The minimum atomic E-state index is -0.948. The van der Waals surface area contributed by atoms with Gasteiger partial charge in [-0.2, -0.15) is 0 Å². The molecule has 16 heavy (non-hydrogen) atoms. The Kier molecular flexibility index (Phi) is 4.38. The zero-order valence-electron chi connectivity index (χ0n) is 9.45. The van der Waals surface area contributed by atoms with Crippen LogP contribution >= 0.6 is 0 Å². The van der Waals surface area contributed by atoms with Crippen molar-refractivity contribution in [1.82, 2.24) is 0 Å². The van der Waals surface area contributed by atoms with Crippen LogP contribution in [0, 0.1) is 23.5 Å². The molecule has 2 unspecified atom stereocenters. The summed E-state index contributed by atoms with van der Waals surface area (Å²) in [7, 11) is 0. The lowest BCUT2D eigenvalue weighted by atomic mass is 9.86. The van der Waals surface area contributed by atoms with Gasteiger partial charge in [-0.3, -0.25) is 0 Å². The largest absolute Gasteiger partial charge is 0.388 e. The second-order valence-corrected chi connectivity index (χ2v) is 4.26. The Hall–Kier alpha value is -1.00. The van der Waals surface area contributed by atoms with Crippen LogP contribution in [-0.2, 0) is 0 Å². The molecule has 1 aromatic rings. The van der Waals surface area contributed by atoms with Gasteiger partial charge in [0.2, 0.25) is 0 Å². The summed E-state index contributed by atoms with van der Waals surface area (Å²) in [4.78, 5) is 0. The monoisotopic (exact) mass is 229 g/mol. The maximum atomic E-state index is 13.0. The van der Waals surface area contributed by atoms with Crippen molar-refractivity contribution in [2.24, 2.45) is 17.6 Å². The average Bonchev–Trinajstić information content (AvgIpc) is 2.22.